The van der Waals surface area contributed by atoms with Gasteiger partial charge in [-0.25, -0.2) is 0 Å². The Hall–Kier alpha value is -1.25. The fourth-order valence-corrected chi connectivity index (χ4v) is 3.05. The molecule has 0 atom stereocenters. The zero-order valence-electron chi connectivity index (χ0n) is 18.2. The minimum Gasteiger partial charge on any atom is -0.352 e. The number of nitrogens with two attached hydrogens (primary N) is 1. The monoisotopic (exact) mass is 408 g/mol. The molecule has 1 amide bonds. The van der Waals surface area contributed by atoms with Gasteiger partial charge < -0.3 is 32.3 Å². The summed E-state index contributed by atoms with van der Waals surface area (Å²) in [7, 11) is 0. The van der Waals surface area contributed by atoms with Crippen LogP contribution in [-0.2, 0) is 4.79 Å². The summed E-state index contributed by atoms with van der Waals surface area (Å²) in [4.78, 5) is 11.8. The molecule has 1 aliphatic carbocycles. The number of carbonyl (C=O) groups is 1. The van der Waals surface area contributed by atoms with Gasteiger partial charge in [0.1, 0.15) is 0 Å². The van der Waals surface area contributed by atoms with Crippen molar-refractivity contribution >= 4 is 5.91 Å². The van der Waals surface area contributed by atoms with Crippen LogP contribution in [0.3, 0.4) is 0 Å². The van der Waals surface area contributed by atoms with E-state index in [1.54, 1.807) is 0 Å². The normalized spacial score (nSPS) is 13.1. The number of carbonyl (C=O) groups excluding carboxylic acids is 1. The molecule has 168 valence electrons. The fraction of sp³-hybridized carbons (Fsp3) is 0.773. The number of hydrogen-bond donors (Lipinski definition) is 6. The Morgan fingerprint density at radius 2 is 1.21 bits per heavy atom. The van der Waals surface area contributed by atoms with Crippen LogP contribution in [0.25, 0.3) is 0 Å². The Morgan fingerprint density at radius 1 is 0.724 bits per heavy atom. The molecule has 1 rings (SSSR count). The van der Waals surface area contributed by atoms with Crippen LogP contribution in [0.15, 0.2) is 23.8 Å². The predicted octanol–water partition coefficient (Wildman–Crippen LogP) is 0.647. The number of unbranched alkanes of at least 4 members (excludes halogenated alkanes) is 1. The minimum atomic E-state index is 0.0732. The molecule has 0 aromatic rings. The number of rotatable bonds is 21. The van der Waals surface area contributed by atoms with E-state index in [-0.39, 0.29) is 5.91 Å². The lowest BCUT2D eigenvalue weighted by Crippen LogP contribution is -2.29. The van der Waals surface area contributed by atoms with Gasteiger partial charge in [-0.1, -0.05) is 18.2 Å². The molecule has 0 spiro atoms. The Labute approximate surface area is 177 Å². The van der Waals surface area contributed by atoms with Crippen molar-refractivity contribution in [3.8, 4) is 0 Å². The highest BCUT2D eigenvalue weighted by atomic mass is 16.1. The van der Waals surface area contributed by atoms with E-state index in [9.17, 15) is 4.79 Å². The van der Waals surface area contributed by atoms with E-state index in [0.29, 0.717) is 0 Å². The SMILES string of the molecule is NCCCNCCCCNCCCNCCCNCCCNC(=O)C1=CC=CC1. The first-order chi connectivity index (χ1) is 14.3. The Balaban J connectivity index is 1.67. The van der Waals surface area contributed by atoms with Crippen molar-refractivity contribution in [2.45, 2.75) is 44.9 Å². The van der Waals surface area contributed by atoms with Gasteiger partial charge in [0.15, 0.2) is 0 Å². The Morgan fingerprint density at radius 3 is 1.69 bits per heavy atom. The molecule has 29 heavy (non-hydrogen) atoms. The highest BCUT2D eigenvalue weighted by molar-refractivity contribution is 5.94. The second-order valence-electron chi connectivity index (χ2n) is 7.49. The van der Waals surface area contributed by atoms with E-state index in [4.69, 9.17) is 5.73 Å². The van der Waals surface area contributed by atoms with E-state index in [1.165, 1.54) is 19.3 Å². The van der Waals surface area contributed by atoms with Gasteiger partial charge >= 0.3 is 0 Å². The van der Waals surface area contributed by atoms with Crippen molar-refractivity contribution in [3.63, 3.8) is 0 Å². The third-order valence-electron chi connectivity index (χ3n) is 4.81. The Kier molecular flexibility index (Phi) is 17.8. The third-order valence-corrected chi connectivity index (χ3v) is 4.81. The lowest BCUT2D eigenvalue weighted by Gasteiger charge is -2.08. The van der Waals surface area contributed by atoms with Crippen molar-refractivity contribution in [2.75, 3.05) is 65.4 Å². The van der Waals surface area contributed by atoms with Crippen LogP contribution in [0.1, 0.15) is 44.9 Å². The van der Waals surface area contributed by atoms with Gasteiger partial charge in [-0.15, -0.1) is 0 Å². The first-order valence-corrected chi connectivity index (χ1v) is 11.5. The molecule has 0 radical (unpaired) electrons. The van der Waals surface area contributed by atoms with Crippen molar-refractivity contribution in [3.05, 3.63) is 23.8 Å². The summed E-state index contributed by atoms with van der Waals surface area (Å²) in [6.45, 7) is 9.95. The highest BCUT2D eigenvalue weighted by Crippen LogP contribution is 2.09. The van der Waals surface area contributed by atoms with Crippen LogP contribution >= 0.6 is 0 Å². The molecule has 0 aromatic carbocycles. The van der Waals surface area contributed by atoms with Gasteiger partial charge in [0.05, 0.1) is 0 Å². The van der Waals surface area contributed by atoms with Gasteiger partial charge in [-0.3, -0.25) is 4.79 Å². The average molecular weight is 409 g/mol. The summed E-state index contributed by atoms with van der Waals surface area (Å²) >= 11 is 0. The van der Waals surface area contributed by atoms with Crippen LogP contribution < -0.4 is 32.3 Å². The first kappa shape index (κ1) is 25.8. The molecule has 0 aliphatic heterocycles. The van der Waals surface area contributed by atoms with Crippen LogP contribution in [0.4, 0.5) is 0 Å². The zero-order valence-corrected chi connectivity index (χ0v) is 18.2. The maximum absolute atomic E-state index is 11.8. The first-order valence-electron chi connectivity index (χ1n) is 11.5. The summed E-state index contributed by atoms with van der Waals surface area (Å²) in [5.41, 5.74) is 6.32. The summed E-state index contributed by atoms with van der Waals surface area (Å²) in [5.74, 6) is 0.0732. The maximum Gasteiger partial charge on any atom is 0.247 e. The molecule has 7 N–H and O–H groups in total. The number of allylic oxidation sites excluding steroid dienone is 3. The number of amides is 1. The van der Waals surface area contributed by atoms with E-state index < -0.39 is 0 Å². The number of hydrogen-bond acceptors (Lipinski definition) is 6. The van der Waals surface area contributed by atoms with Gasteiger partial charge in [0.25, 0.3) is 0 Å². The quantitative estimate of drug-likeness (QED) is 0.156. The second-order valence-corrected chi connectivity index (χ2v) is 7.49. The smallest absolute Gasteiger partial charge is 0.247 e. The van der Waals surface area contributed by atoms with Crippen molar-refractivity contribution in [1.29, 1.82) is 0 Å². The molecule has 7 heteroatoms. The van der Waals surface area contributed by atoms with Crippen molar-refractivity contribution < 1.29 is 4.79 Å². The highest BCUT2D eigenvalue weighted by Gasteiger charge is 2.08. The van der Waals surface area contributed by atoms with Crippen molar-refractivity contribution in [2.24, 2.45) is 5.73 Å². The summed E-state index contributed by atoms with van der Waals surface area (Å²) < 4.78 is 0. The van der Waals surface area contributed by atoms with Crippen LogP contribution in [-0.4, -0.2) is 71.4 Å². The third kappa shape index (κ3) is 16.3. The molecular weight excluding hydrogens is 364 g/mol. The molecule has 0 heterocycles. The van der Waals surface area contributed by atoms with Gasteiger partial charge in [-0.2, -0.15) is 0 Å². The molecule has 0 bridgehead atoms. The molecule has 7 nitrogen and oxygen atoms in total. The standard InChI is InChI=1S/C22H44N6O/c23-11-5-14-24-12-3-4-13-25-15-6-16-26-17-7-18-27-19-8-20-28-22(29)21-9-1-2-10-21/h1-2,9,24-27H,3-8,10-20,23H2,(H,28,29). The topological polar surface area (TPSA) is 103 Å². The van der Waals surface area contributed by atoms with Crippen LogP contribution in [0.2, 0.25) is 0 Å². The largest absolute Gasteiger partial charge is 0.352 e. The fourth-order valence-electron chi connectivity index (χ4n) is 3.05. The average Bonchev–Trinajstić information content (AvgIpc) is 3.27. The molecule has 0 fully saturated rings. The lowest BCUT2D eigenvalue weighted by atomic mass is 10.2. The number of nitrogens with one attached hydrogen (secondary N) is 5. The van der Waals surface area contributed by atoms with E-state index in [0.717, 1.165) is 96.7 Å². The summed E-state index contributed by atoms with van der Waals surface area (Å²) in [6.07, 6.45) is 13.4. The Bertz CT molecular complexity index is 453. The summed E-state index contributed by atoms with van der Waals surface area (Å²) in [6, 6.07) is 0. The zero-order chi connectivity index (χ0) is 20.8. The van der Waals surface area contributed by atoms with Crippen LogP contribution in [0, 0.1) is 0 Å². The minimum absolute atomic E-state index is 0.0732. The van der Waals surface area contributed by atoms with Gasteiger partial charge in [0.2, 0.25) is 5.91 Å². The second kappa shape index (κ2) is 20.0. The summed E-state index contributed by atoms with van der Waals surface area (Å²) in [5, 5.41) is 16.8. The van der Waals surface area contributed by atoms with Gasteiger partial charge in [0, 0.05) is 12.1 Å². The van der Waals surface area contributed by atoms with E-state index >= 15 is 0 Å². The van der Waals surface area contributed by atoms with Gasteiger partial charge in [-0.05, 0) is 104 Å². The van der Waals surface area contributed by atoms with E-state index in [1.807, 2.05) is 18.2 Å². The molecule has 1 aliphatic rings. The molecule has 0 saturated heterocycles. The maximum atomic E-state index is 11.8. The molecule has 0 unspecified atom stereocenters. The molecule has 0 saturated carbocycles. The van der Waals surface area contributed by atoms with Crippen LogP contribution in [0.5, 0.6) is 0 Å². The van der Waals surface area contributed by atoms with E-state index in [2.05, 4.69) is 26.6 Å². The molecule has 0 aromatic heterocycles. The van der Waals surface area contributed by atoms with Crippen molar-refractivity contribution in [1.82, 2.24) is 26.6 Å². The lowest BCUT2D eigenvalue weighted by molar-refractivity contribution is -0.117. The molecular formula is C22H44N6O. The predicted molar refractivity (Wildman–Crippen MR) is 123 cm³/mol.